The van der Waals surface area contributed by atoms with E-state index in [4.69, 9.17) is 0 Å². The highest BCUT2D eigenvalue weighted by molar-refractivity contribution is 5.85. The summed E-state index contributed by atoms with van der Waals surface area (Å²) >= 11 is 0. The number of hydrogen-bond donors (Lipinski definition) is 2. The largest absolute Gasteiger partial charge is 0.463 e. The van der Waals surface area contributed by atoms with E-state index in [9.17, 15) is 9.90 Å². The van der Waals surface area contributed by atoms with Gasteiger partial charge in [-0.2, -0.15) is 0 Å². The average Bonchev–Trinajstić information content (AvgIpc) is 2.52. The van der Waals surface area contributed by atoms with Gasteiger partial charge in [-0.05, 0) is 19.8 Å². The molecule has 0 aliphatic heterocycles. The van der Waals surface area contributed by atoms with E-state index in [2.05, 4.69) is 20.0 Å². The number of carbonyl (C=O) groups excluding carboxylic acids is 1. The summed E-state index contributed by atoms with van der Waals surface area (Å²) in [4.78, 5) is 19.8. The van der Waals surface area contributed by atoms with Gasteiger partial charge in [0.15, 0.2) is 0 Å². The lowest BCUT2D eigenvalue weighted by atomic mass is 9.74. The minimum absolute atomic E-state index is 0.0571. The lowest BCUT2D eigenvalue weighted by Crippen LogP contribution is -2.35. The second kappa shape index (κ2) is 6.85. The third-order valence-corrected chi connectivity index (χ3v) is 4.12. The van der Waals surface area contributed by atoms with E-state index in [1.54, 1.807) is 6.07 Å². The molecular weight excluding hydrogens is 270 g/mol. The van der Waals surface area contributed by atoms with E-state index in [1.807, 2.05) is 6.92 Å². The van der Waals surface area contributed by atoms with Crippen LogP contribution in [0.3, 0.4) is 0 Å². The molecule has 0 atom stereocenters. The number of hydrogen-bond acceptors (Lipinski definition) is 6. The van der Waals surface area contributed by atoms with Crippen LogP contribution < -0.4 is 5.32 Å². The smallest absolute Gasteiger partial charge is 0.376 e. The van der Waals surface area contributed by atoms with Crippen molar-refractivity contribution in [2.24, 2.45) is 5.41 Å². The molecule has 1 aliphatic carbocycles. The van der Waals surface area contributed by atoms with Gasteiger partial charge in [0.25, 0.3) is 0 Å². The molecule has 21 heavy (non-hydrogen) atoms. The normalized spacial score (nSPS) is 17.3. The fourth-order valence-electron chi connectivity index (χ4n) is 2.81. The Hall–Kier alpha value is -1.69. The number of aliphatic hydroxyl groups excluding tert-OH is 1. The molecule has 1 aliphatic rings. The van der Waals surface area contributed by atoms with Crippen LogP contribution >= 0.6 is 0 Å². The highest BCUT2D eigenvalue weighted by Crippen LogP contribution is 2.35. The first-order valence-electron chi connectivity index (χ1n) is 7.37. The van der Waals surface area contributed by atoms with Crippen LogP contribution in [0.4, 0.5) is 5.82 Å². The van der Waals surface area contributed by atoms with Gasteiger partial charge in [-0.3, -0.25) is 0 Å². The maximum absolute atomic E-state index is 11.5. The number of esters is 1. The predicted molar refractivity (Wildman–Crippen MR) is 79.2 cm³/mol. The molecule has 2 N–H and O–H groups in total. The molecule has 1 heterocycles. The lowest BCUT2D eigenvalue weighted by Gasteiger charge is -2.35. The standard InChI is InChI=1S/C15H23N3O3/c1-11-8-12(18-13(17-11)14(20)21-2)16-9-15(10-19)6-4-3-5-7-15/h8,19H,3-7,9-10H2,1-2H3,(H,16,17,18). The molecule has 0 bridgehead atoms. The molecule has 0 aromatic carbocycles. The van der Waals surface area contributed by atoms with Crippen molar-refractivity contribution in [3.05, 3.63) is 17.6 Å². The first-order chi connectivity index (χ1) is 10.1. The number of aryl methyl sites for hydroxylation is 1. The van der Waals surface area contributed by atoms with Crippen LogP contribution in [0.1, 0.15) is 48.4 Å². The van der Waals surface area contributed by atoms with Crippen molar-refractivity contribution in [2.75, 3.05) is 25.6 Å². The van der Waals surface area contributed by atoms with E-state index in [-0.39, 0.29) is 17.8 Å². The van der Waals surface area contributed by atoms with Crippen LogP contribution in [0.2, 0.25) is 0 Å². The van der Waals surface area contributed by atoms with Crippen molar-refractivity contribution in [3.8, 4) is 0 Å². The van der Waals surface area contributed by atoms with Crippen molar-refractivity contribution in [1.29, 1.82) is 0 Å². The highest BCUT2D eigenvalue weighted by atomic mass is 16.5. The number of carbonyl (C=O) groups is 1. The monoisotopic (exact) mass is 293 g/mol. The van der Waals surface area contributed by atoms with Crippen LogP contribution in [0.25, 0.3) is 0 Å². The third kappa shape index (κ3) is 3.91. The zero-order valence-corrected chi connectivity index (χ0v) is 12.7. The second-order valence-electron chi connectivity index (χ2n) is 5.78. The number of nitrogens with one attached hydrogen (secondary N) is 1. The fraction of sp³-hybridized carbons (Fsp3) is 0.667. The Morgan fingerprint density at radius 3 is 2.71 bits per heavy atom. The quantitative estimate of drug-likeness (QED) is 0.807. The van der Waals surface area contributed by atoms with Gasteiger partial charge in [0.2, 0.25) is 5.82 Å². The van der Waals surface area contributed by atoms with Gasteiger partial charge in [-0.1, -0.05) is 19.3 Å². The molecule has 6 heteroatoms. The SMILES string of the molecule is COC(=O)c1nc(C)cc(NCC2(CO)CCCCC2)n1. The summed E-state index contributed by atoms with van der Waals surface area (Å²) in [6.07, 6.45) is 5.58. The summed E-state index contributed by atoms with van der Waals surface area (Å²) in [5, 5.41) is 13.0. The van der Waals surface area contributed by atoms with Crippen molar-refractivity contribution in [3.63, 3.8) is 0 Å². The highest BCUT2D eigenvalue weighted by Gasteiger charge is 2.31. The molecule has 116 valence electrons. The van der Waals surface area contributed by atoms with Crippen molar-refractivity contribution in [2.45, 2.75) is 39.0 Å². The predicted octanol–water partition coefficient (Wildman–Crippen LogP) is 1.93. The second-order valence-corrected chi connectivity index (χ2v) is 5.78. The van der Waals surface area contributed by atoms with Gasteiger partial charge in [0.1, 0.15) is 5.82 Å². The summed E-state index contributed by atoms with van der Waals surface area (Å²) in [5.41, 5.74) is 0.623. The van der Waals surface area contributed by atoms with E-state index in [0.29, 0.717) is 18.1 Å². The molecule has 0 radical (unpaired) electrons. The molecule has 1 fully saturated rings. The Kier molecular flexibility index (Phi) is 5.12. The summed E-state index contributed by atoms with van der Waals surface area (Å²) in [6, 6.07) is 1.79. The van der Waals surface area contributed by atoms with Crippen LogP contribution in [-0.2, 0) is 4.74 Å². The van der Waals surface area contributed by atoms with E-state index in [0.717, 1.165) is 25.7 Å². The molecule has 0 unspecified atom stereocenters. The van der Waals surface area contributed by atoms with E-state index >= 15 is 0 Å². The zero-order chi connectivity index (χ0) is 15.3. The van der Waals surface area contributed by atoms with Gasteiger partial charge >= 0.3 is 5.97 Å². The fourth-order valence-corrected chi connectivity index (χ4v) is 2.81. The number of nitrogens with zero attached hydrogens (tertiary/aromatic N) is 2. The maximum atomic E-state index is 11.5. The number of aliphatic hydroxyl groups is 1. The molecule has 1 aromatic rings. The minimum atomic E-state index is -0.545. The Morgan fingerprint density at radius 1 is 1.38 bits per heavy atom. The van der Waals surface area contributed by atoms with Crippen LogP contribution in [0.5, 0.6) is 0 Å². The van der Waals surface area contributed by atoms with Gasteiger partial charge in [-0.25, -0.2) is 14.8 Å². The summed E-state index contributed by atoms with van der Waals surface area (Å²) in [7, 11) is 1.31. The number of aromatic nitrogens is 2. The molecule has 0 spiro atoms. The maximum Gasteiger partial charge on any atom is 0.376 e. The first kappa shape index (κ1) is 15.7. The Morgan fingerprint density at radius 2 is 2.10 bits per heavy atom. The van der Waals surface area contributed by atoms with Crippen LogP contribution in [0, 0.1) is 12.3 Å². The Bertz CT molecular complexity index is 499. The Labute approximate surface area is 124 Å². The average molecular weight is 293 g/mol. The molecule has 6 nitrogen and oxygen atoms in total. The molecular formula is C15H23N3O3. The number of ether oxygens (including phenoxy) is 1. The minimum Gasteiger partial charge on any atom is -0.463 e. The van der Waals surface area contributed by atoms with Gasteiger partial charge in [0, 0.05) is 23.7 Å². The van der Waals surface area contributed by atoms with Gasteiger partial charge in [-0.15, -0.1) is 0 Å². The van der Waals surface area contributed by atoms with Crippen LogP contribution in [-0.4, -0.2) is 41.3 Å². The van der Waals surface area contributed by atoms with Crippen LogP contribution in [0.15, 0.2) is 6.07 Å². The van der Waals surface area contributed by atoms with Gasteiger partial charge < -0.3 is 15.2 Å². The van der Waals surface area contributed by atoms with Crippen molar-refractivity contribution >= 4 is 11.8 Å². The summed E-state index contributed by atoms with van der Waals surface area (Å²) in [5.74, 6) is 0.110. The third-order valence-electron chi connectivity index (χ3n) is 4.12. The van der Waals surface area contributed by atoms with Gasteiger partial charge in [0.05, 0.1) is 13.7 Å². The molecule has 0 saturated heterocycles. The molecule has 2 rings (SSSR count). The summed E-state index contributed by atoms with van der Waals surface area (Å²) < 4.78 is 4.65. The number of anilines is 1. The molecule has 1 aromatic heterocycles. The first-order valence-corrected chi connectivity index (χ1v) is 7.37. The van der Waals surface area contributed by atoms with Crippen molar-refractivity contribution in [1.82, 2.24) is 9.97 Å². The summed E-state index contributed by atoms with van der Waals surface area (Å²) in [6.45, 7) is 2.64. The number of methoxy groups -OCH3 is 1. The van der Waals surface area contributed by atoms with Crippen molar-refractivity contribution < 1.29 is 14.6 Å². The zero-order valence-electron chi connectivity index (χ0n) is 12.7. The van der Waals surface area contributed by atoms with E-state index in [1.165, 1.54) is 13.5 Å². The Balaban J connectivity index is 2.08. The molecule has 0 amide bonds. The number of rotatable bonds is 5. The lowest BCUT2D eigenvalue weighted by molar-refractivity contribution is 0.0586. The van der Waals surface area contributed by atoms with E-state index < -0.39 is 5.97 Å². The molecule has 1 saturated carbocycles. The topological polar surface area (TPSA) is 84.3 Å².